The lowest BCUT2D eigenvalue weighted by molar-refractivity contribution is 0.264. The van der Waals surface area contributed by atoms with Gasteiger partial charge in [-0.2, -0.15) is 0 Å². The summed E-state index contributed by atoms with van der Waals surface area (Å²) in [6.45, 7) is 9.72. The van der Waals surface area contributed by atoms with Crippen molar-refractivity contribution in [2.24, 2.45) is 0 Å². The SMILES string of the molecule is CCN(CC)CCN(Cc1cccs1)C(=S)NCc1ccc(F)cc1. The third kappa shape index (κ3) is 6.72. The van der Waals surface area contributed by atoms with Gasteiger partial charge >= 0.3 is 0 Å². The highest BCUT2D eigenvalue weighted by Crippen LogP contribution is 2.12. The van der Waals surface area contributed by atoms with E-state index in [1.807, 2.05) is 0 Å². The lowest BCUT2D eigenvalue weighted by Crippen LogP contribution is -2.43. The first-order valence-electron chi connectivity index (χ1n) is 8.64. The van der Waals surface area contributed by atoms with Gasteiger partial charge in [-0.25, -0.2) is 4.39 Å². The molecule has 0 spiro atoms. The first-order valence-corrected chi connectivity index (χ1v) is 9.93. The molecule has 1 aromatic heterocycles. The molecule has 6 heteroatoms. The maximum atomic E-state index is 13.0. The quantitative estimate of drug-likeness (QED) is 0.661. The molecular formula is C19H26FN3S2. The Morgan fingerprint density at radius 2 is 1.84 bits per heavy atom. The van der Waals surface area contributed by atoms with Gasteiger partial charge in [0.1, 0.15) is 5.82 Å². The van der Waals surface area contributed by atoms with Crippen LogP contribution in [0.15, 0.2) is 41.8 Å². The lowest BCUT2D eigenvalue weighted by atomic mass is 10.2. The van der Waals surface area contributed by atoms with Crippen molar-refractivity contribution < 1.29 is 4.39 Å². The van der Waals surface area contributed by atoms with E-state index in [2.05, 4.69) is 46.5 Å². The molecule has 0 aliphatic carbocycles. The molecule has 2 aromatic rings. The summed E-state index contributed by atoms with van der Waals surface area (Å²) in [6.07, 6.45) is 0. The number of thiocarbonyl (C=S) groups is 1. The van der Waals surface area contributed by atoms with Gasteiger partial charge in [0.15, 0.2) is 5.11 Å². The summed E-state index contributed by atoms with van der Waals surface area (Å²) in [6, 6.07) is 10.7. The summed E-state index contributed by atoms with van der Waals surface area (Å²) in [7, 11) is 0. The van der Waals surface area contributed by atoms with Crippen LogP contribution in [-0.2, 0) is 13.1 Å². The number of rotatable bonds is 9. The number of benzene rings is 1. The van der Waals surface area contributed by atoms with E-state index in [-0.39, 0.29) is 5.82 Å². The van der Waals surface area contributed by atoms with Crippen molar-refractivity contribution >= 4 is 28.7 Å². The molecule has 0 aliphatic rings. The van der Waals surface area contributed by atoms with Crippen molar-refractivity contribution in [3.63, 3.8) is 0 Å². The highest BCUT2D eigenvalue weighted by molar-refractivity contribution is 7.80. The number of likely N-dealkylation sites (N-methyl/N-ethyl adjacent to an activating group) is 1. The van der Waals surface area contributed by atoms with Crippen molar-refractivity contribution in [2.75, 3.05) is 26.2 Å². The molecule has 136 valence electrons. The third-order valence-electron chi connectivity index (χ3n) is 4.15. The number of nitrogens with zero attached hydrogens (tertiary/aromatic N) is 2. The van der Waals surface area contributed by atoms with Gasteiger partial charge < -0.3 is 15.1 Å². The molecule has 0 unspecified atom stereocenters. The maximum absolute atomic E-state index is 13.0. The second kappa shape index (κ2) is 10.5. The Labute approximate surface area is 159 Å². The number of hydrogen-bond donors (Lipinski definition) is 1. The molecule has 1 heterocycles. The monoisotopic (exact) mass is 379 g/mol. The average Bonchev–Trinajstić information content (AvgIpc) is 3.14. The Balaban J connectivity index is 1.94. The summed E-state index contributed by atoms with van der Waals surface area (Å²) in [5.74, 6) is -0.218. The van der Waals surface area contributed by atoms with Crippen LogP contribution in [0.3, 0.4) is 0 Å². The molecule has 0 aliphatic heterocycles. The minimum atomic E-state index is -0.218. The van der Waals surface area contributed by atoms with Crippen LogP contribution in [-0.4, -0.2) is 41.1 Å². The molecule has 0 saturated carbocycles. The van der Waals surface area contributed by atoms with E-state index in [9.17, 15) is 4.39 Å². The second-order valence-electron chi connectivity index (χ2n) is 5.81. The van der Waals surface area contributed by atoms with E-state index in [1.54, 1.807) is 23.5 Å². The zero-order chi connectivity index (χ0) is 18.1. The molecule has 3 nitrogen and oxygen atoms in total. The van der Waals surface area contributed by atoms with Gasteiger partial charge in [-0.15, -0.1) is 11.3 Å². The molecule has 1 aromatic carbocycles. The highest BCUT2D eigenvalue weighted by atomic mass is 32.1. The fourth-order valence-corrected chi connectivity index (χ4v) is 3.48. The number of halogens is 1. The lowest BCUT2D eigenvalue weighted by Gasteiger charge is -2.28. The van der Waals surface area contributed by atoms with Crippen LogP contribution in [0, 0.1) is 5.82 Å². The molecule has 2 rings (SSSR count). The fraction of sp³-hybridized carbons (Fsp3) is 0.421. The van der Waals surface area contributed by atoms with E-state index < -0.39 is 0 Å². The number of nitrogens with one attached hydrogen (secondary N) is 1. The predicted molar refractivity (Wildman–Crippen MR) is 108 cm³/mol. The molecule has 0 atom stereocenters. The number of hydrogen-bond acceptors (Lipinski definition) is 3. The summed E-state index contributed by atoms with van der Waals surface area (Å²) in [5.41, 5.74) is 1.02. The fourth-order valence-electron chi connectivity index (χ4n) is 2.54. The Kier molecular flexibility index (Phi) is 8.31. The van der Waals surface area contributed by atoms with Crippen LogP contribution in [0.1, 0.15) is 24.3 Å². The normalized spacial score (nSPS) is 10.9. The number of thiophene rings is 1. The Bertz CT molecular complexity index is 625. The average molecular weight is 380 g/mol. The molecule has 0 radical (unpaired) electrons. The van der Waals surface area contributed by atoms with Gasteiger partial charge in [-0.3, -0.25) is 0 Å². The molecule has 0 amide bonds. The van der Waals surface area contributed by atoms with E-state index in [4.69, 9.17) is 12.2 Å². The smallest absolute Gasteiger partial charge is 0.169 e. The Hall–Kier alpha value is -1.50. The van der Waals surface area contributed by atoms with Gasteiger partial charge in [-0.05, 0) is 54.5 Å². The highest BCUT2D eigenvalue weighted by Gasteiger charge is 2.12. The second-order valence-corrected chi connectivity index (χ2v) is 7.23. The molecule has 0 bridgehead atoms. The topological polar surface area (TPSA) is 18.5 Å². The predicted octanol–water partition coefficient (Wildman–Crippen LogP) is 4.11. The van der Waals surface area contributed by atoms with Crippen molar-refractivity contribution in [1.82, 2.24) is 15.1 Å². The van der Waals surface area contributed by atoms with Crippen LogP contribution >= 0.6 is 23.6 Å². The van der Waals surface area contributed by atoms with Gasteiger partial charge in [0.05, 0.1) is 6.54 Å². The first-order chi connectivity index (χ1) is 12.1. The van der Waals surface area contributed by atoms with Crippen LogP contribution < -0.4 is 5.32 Å². The summed E-state index contributed by atoms with van der Waals surface area (Å²) >= 11 is 7.37. The molecule has 0 fully saturated rings. The summed E-state index contributed by atoms with van der Waals surface area (Å²) in [4.78, 5) is 5.90. The van der Waals surface area contributed by atoms with Crippen molar-refractivity contribution in [2.45, 2.75) is 26.9 Å². The maximum Gasteiger partial charge on any atom is 0.169 e. The van der Waals surface area contributed by atoms with Crippen LogP contribution in [0.25, 0.3) is 0 Å². The van der Waals surface area contributed by atoms with Crippen LogP contribution in [0.5, 0.6) is 0 Å². The molecule has 25 heavy (non-hydrogen) atoms. The Morgan fingerprint density at radius 3 is 2.44 bits per heavy atom. The van der Waals surface area contributed by atoms with Gasteiger partial charge in [0.25, 0.3) is 0 Å². The van der Waals surface area contributed by atoms with Crippen molar-refractivity contribution in [3.8, 4) is 0 Å². The van der Waals surface area contributed by atoms with Gasteiger partial charge in [0, 0.05) is 24.5 Å². The van der Waals surface area contributed by atoms with E-state index in [0.29, 0.717) is 6.54 Å². The molecule has 1 N–H and O–H groups in total. The van der Waals surface area contributed by atoms with Gasteiger partial charge in [-0.1, -0.05) is 32.0 Å². The molecule has 0 saturated heterocycles. The van der Waals surface area contributed by atoms with Crippen molar-refractivity contribution in [3.05, 3.63) is 58.0 Å². The zero-order valence-corrected chi connectivity index (χ0v) is 16.5. The van der Waals surface area contributed by atoms with Crippen molar-refractivity contribution in [1.29, 1.82) is 0 Å². The first kappa shape index (κ1) is 19.8. The zero-order valence-electron chi connectivity index (χ0n) is 14.9. The van der Waals surface area contributed by atoms with E-state index in [0.717, 1.165) is 43.4 Å². The molecular weight excluding hydrogens is 353 g/mol. The van der Waals surface area contributed by atoms with E-state index >= 15 is 0 Å². The largest absolute Gasteiger partial charge is 0.358 e. The van der Waals surface area contributed by atoms with Crippen LogP contribution in [0.4, 0.5) is 4.39 Å². The standard InChI is InChI=1S/C19H26FN3S2/c1-3-22(4-2)11-12-23(15-18-6-5-13-25-18)19(24)21-14-16-7-9-17(20)10-8-16/h5-10,13H,3-4,11-12,14-15H2,1-2H3,(H,21,24). The van der Waals surface area contributed by atoms with Crippen LogP contribution in [0.2, 0.25) is 0 Å². The minimum absolute atomic E-state index is 0.218. The minimum Gasteiger partial charge on any atom is -0.358 e. The third-order valence-corrected chi connectivity index (χ3v) is 5.42. The summed E-state index contributed by atoms with van der Waals surface area (Å²) < 4.78 is 13.0. The Morgan fingerprint density at radius 1 is 1.12 bits per heavy atom. The summed E-state index contributed by atoms with van der Waals surface area (Å²) in [5, 5.41) is 6.14. The van der Waals surface area contributed by atoms with E-state index in [1.165, 1.54) is 17.0 Å². The van der Waals surface area contributed by atoms with Gasteiger partial charge in [0.2, 0.25) is 0 Å².